The number of non-ortho nitro benzene ring substituents is 1. The Kier molecular flexibility index (Phi) is 6.15. The summed E-state index contributed by atoms with van der Waals surface area (Å²) in [6, 6.07) is 17.0. The maximum Gasteiger partial charge on any atom is 0.269 e. The van der Waals surface area contributed by atoms with Crippen molar-refractivity contribution in [3.63, 3.8) is 0 Å². The zero-order valence-electron chi connectivity index (χ0n) is 17.6. The molecule has 0 amide bonds. The molecule has 1 fully saturated rings. The molecule has 0 bridgehead atoms. The van der Waals surface area contributed by atoms with Crippen molar-refractivity contribution in [2.45, 2.75) is 18.2 Å². The van der Waals surface area contributed by atoms with E-state index >= 15 is 0 Å². The third kappa shape index (κ3) is 4.46. The normalized spacial score (nSPS) is 15.0. The van der Waals surface area contributed by atoms with E-state index in [-0.39, 0.29) is 10.6 Å². The van der Waals surface area contributed by atoms with Gasteiger partial charge in [-0.15, -0.1) is 10.2 Å². The molecule has 2 heterocycles. The van der Waals surface area contributed by atoms with Gasteiger partial charge < -0.3 is 4.90 Å². The minimum Gasteiger partial charge on any atom is -0.352 e. The van der Waals surface area contributed by atoms with Crippen LogP contribution in [0.15, 0.2) is 65.6 Å². The standard InChI is InChI=1S/C22H23N5O4S/c1-2-17-3-5-18(6-4-17)21-11-12-22(24-23-21)25-13-15-26(16-14-25)32(30,31)20-9-7-19(8-10-20)27(28)29/h3-12H,2,13-16H2,1H3. The summed E-state index contributed by atoms with van der Waals surface area (Å²) in [5.41, 5.74) is 2.91. The number of aromatic nitrogens is 2. The summed E-state index contributed by atoms with van der Waals surface area (Å²) in [6.45, 7) is 3.65. The number of nitrogens with zero attached hydrogens (tertiary/aromatic N) is 5. The molecule has 2 aromatic carbocycles. The van der Waals surface area contributed by atoms with Crippen LogP contribution >= 0.6 is 0 Å². The molecule has 3 aromatic rings. The van der Waals surface area contributed by atoms with E-state index in [1.54, 1.807) is 0 Å². The van der Waals surface area contributed by atoms with Crippen LogP contribution in [-0.4, -0.2) is 54.0 Å². The molecule has 32 heavy (non-hydrogen) atoms. The number of nitro benzene ring substituents is 1. The Bertz CT molecular complexity index is 1190. The second kappa shape index (κ2) is 9.01. The lowest BCUT2D eigenvalue weighted by atomic mass is 10.1. The van der Waals surface area contributed by atoms with Crippen molar-refractivity contribution in [2.24, 2.45) is 0 Å². The molecule has 0 radical (unpaired) electrons. The number of rotatable bonds is 6. The Labute approximate surface area is 186 Å². The van der Waals surface area contributed by atoms with Crippen LogP contribution in [0.4, 0.5) is 11.5 Å². The number of benzene rings is 2. The summed E-state index contributed by atoms with van der Waals surface area (Å²) in [4.78, 5) is 12.3. The summed E-state index contributed by atoms with van der Waals surface area (Å²) in [5, 5.41) is 19.5. The molecule has 0 N–H and O–H groups in total. The van der Waals surface area contributed by atoms with Gasteiger partial charge in [-0.05, 0) is 36.2 Å². The monoisotopic (exact) mass is 453 g/mol. The highest BCUT2D eigenvalue weighted by atomic mass is 32.2. The second-order valence-corrected chi connectivity index (χ2v) is 9.41. The molecule has 0 saturated carbocycles. The highest BCUT2D eigenvalue weighted by molar-refractivity contribution is 7.89. The van der Waals surface area contributed by atoms with E-state index in [0.717, 1.165) is 17.7 Å². The zero-order valence-corrected chi connectivity index (χ0v) is 18.4. The number of nitro groups is 1. The highest BCUT2D eigenvalue weighted by Crippen LogP contribution is 2.23. The molecule has 1 saturated heterocycles. The Morgan fingerprint density at radius 3 is 2.09 bits per heavy atom. The van der Waals surface area contributed by atoms with Crippen LogP contribution in [0.2, 0.25) is 0 Å². The van der Waals surface area contributed by atoms with Crippen LogP contribution in [0.5, 0.6) is 0 Å². The van der Waals surface area contributed by atoms with Gasteiger partial charge in [0.05, 0.1) is 15.5 Å². The Morgan fingerprint density at radius 1 is 0.906 bits per heavy atom. The lowest BCUT2D eigenvalue weighted by Gasteiger charge is -2.34. The summed E-state index contributed by atoms with van der Waals surface area (Å²) in [6.07, 6.45) is 0.983. The molecule has 4 rings (SSSR count). The van der Waals surface area contributed by atoms with Crippen molar-refractivity contribution < 1.29 is 13.3 Å². The summed E-state index contributed by atoms with van der Waals surface area (Å²) < 4.78 is 27.1. The van der Waals surface area contributed by atoms with Crippen molar-refractivity contribution in [3.05, 3.63) is 76.3 Å². The number of hydrogen-bond donors (Lipinski definition) is 0. The van der Waals surface area contributed by atoms with Gasteiger partial charge >= 0.3 is 0 Å². The predicted octanol–water partition coefficient (Wildman–Crippen LogP) is 3.13. The van der Waals surface area contributed by atoms with E-state index in [1.165, 1.54) is 34.1 Å². The Hall–Kier alpha value is -3.37. The van der Waals surface area contributed by atoms with Gasteiger partial charge in [0.1, 0.15) is 0 Å². The summed E-state index contributed by atoms with van der Waals surface area (Å²) in [7, 11) is -3.71. The van der Waals surface area contributed by atoms with Crippen LogP contribution in [0.25, 0.3) is 11.3 Å². The number of sulfonamides is 1. The minimum atomic E-state index is -3.71. The van der Waals surface area contributed by atoms with Crippen molar-refractivity contribution >= 4 is 21.5 Å². The second-order valence-electron chi connectivity index (χ2n) is 7.47. The first-order chi connectivity index (χ1) is 15.4. The van der Waals surface area contributed by atoms with E-state index < -0.39 is 14.9 Å². The number of anilines is 1. The van der Waals surface area contributed by atoms with Gasteiger partial charge in [0.25, 0.3) is 5.69 Å². The zero-order chi connectivity index (χ0) is 22.7. The maximum absolute atomic E-state index is 12.9. The van der Waals surface area contributed by atoms with Gasteiger partial charge in [-0.2, -0.15) is 4.31 Å². The van der Waals surface area contributed by atoms with Gasteiger partial charge in [-0.1, -0.05) is 31.2 Å². The van der Waals surface area contributed by atoms with Crippen LogP contribution in [0.1, 0.15) is 12.5 Å². The fourth-order valence-electron chi connectivity index (χ4n) is 3.61. The van der Waals surface area contributed by atoms with Crippen LogP contribution in [0.3, 0.4) is 0 Å². The van der Waals surface area contributed by atoms with Gasteiger partial charge in [0, 0.05) is 43.9 Å². The topological polar surface area (TPSA) is 110 Å². The predicted molar refractivity (Wildman–Crippen MR) is 121 cm³/mol. The van der Waals surface area contributed by atoms with Gasteiger partial charge in [0.2, 0.25) is 10.0 Å². The molecule has 10 heteroatoms. The highest BCUT2D eigenvalue weighted by Gasteiger charge is 2.29. The molecule has 9 nitrogen and oxygen atoms in total. The number of hydrogen-bond acceptors (Lipinski definition) is 7. The summed E-state index contributed by atoms with van der Waals surface area (Å²) in [5.74, 6) is 0.700. The molecule has 1 aromatic heterocycles. The van der Waals surface area contributed by atoms with E-state index in [0.29, 0.717) is 32.0 Å². The first kappa shape index (κ1) is 21.8. The van der Waals surface area contributed by atoms with Crippen molar-refractivity contribution in [1.29, 1.82) is 0 Å². The molecule has 0 aliphatic carbocycles. The molecular weight excluding hydrogens is 430 g/mol. The average molecular weight is 454 g/mol. The lowest BCUT2D eigenvalue weighted by Crippen LogP contribution is -2.48. The first-order valence-corrected chi connectivity index (χ1v) is 11.7. The van der Waals surface area contributed by atoms with Crippen molar-refractivity contribution in [3.8, 4) is 11.3 Å². The maximum atomic E-state index is 12.9. The first-order valence-electron chi connectivity index (χ1n) is 10.3. The van der Waals surface area contributed by atoms with E-state index in [4.69, 9.17) is 0 Å². The van der Waals surface area contributed by atoms with Gasteiger partial charge in [-0.25, -0.2) is 8.42 Å². The lowest BCUT2D eigenvalue weighted by molar-refractivity contribution is -0.384. The SMILES string of the molecule is CCc1ccc(-c2ccc(N3CCN(S(=O)(=O)c4ccc([N+](=O)[O-])cc4)CC3)nn2)cc1. The number of piperazine rings is 1. The van der Waals surface area contributed by atoms with Gasteiger partial charge in [0.15, 0.2) is 5.82 Å². The molecule has 0 unspecified atom stereocenters. The molecule has 1 aliphatic rings. The summed E-state index contributed by atoms with van der Waals surface area (Å²) >= 11 is 0. The minimum absolute atomic E-state index is 0.0507. The third-order valence-electron chi connectivity index (χ3n) is 5.56. The van der Waals surface area contributed by atoms with Gasteiger partial charge in [-0.3, -0.25) is 10.1 Å². The fourth-order valence-corrected chi connectivity index (χ4v) is 5.03. The van der Waals surface area contributed by atoms with Crippen molar-refractivity contribution in [2.75, 3.05) is 31.1 Å². The Morgan fingerprint density at radius 2 is 1.56 bits per heavy atom. The largest absolute Gasteiger partial charge is 0.352 e. The molecule has 0 spiro atoms. The molecule has 1 aliphatic heterocycles. The molecular formula is C22H23N5O4S. The average Bonchev–Trinajstić information content (AvgIpc) is 2.84. The van der Waals surface area contributed by atoms with E-state index in [2.05, 4.69) is 29.3 Å². The molecule has 0 atom stereocenters. The third-order valence-corrected chi connectivity index (χ3v) is 7.47. The van der Waals surface area contributed by atoms with E-state index in [9.17, 15) is 18.5 Å². The fraction of sp³-hybridized carbons (Fsp3) is 0.273. The molecule has 166 valence electrons. The van der Waals surface area contributed by atoms with E-state index in [1.807, 2.05) is 29.2 Å². The van der Waals surface area contributed by atoms with Crippen LogP contribution < -0.4 is 4.90 Å². The van der Waals surface area contributed by atoms with Crippen LogP contribution in [0, 0.1) is 10.1 Å². The smallest absolute Gasteiger partial charge is 0.269 e. The number of aryl methyl sites for hydroxylation is 1. The van der Waals surface area contributed by atoms with Crippen molar-refractivity contribution in [1.82, 2.24) is 14.5 Å². The quantitative estimate of drug-likeness (QED) is 0.417. The Balaban J connectivity index is 1.41. The van der Waals surface area contributed by atoms with Crippen LogP contribution in [-0.2, 0) is 16.4 Å².